The van der Waals surface area contributed by atoms with E-state index in [1.807, 2.05) is 23.9 Å². The van der Waals surface area contributed by atoms with Gasteiger partial charge in [-0.2, -0.15) is 0 Å². The number of hydrogen-bond acceptors (Lipinski definition) is 7. The summed E-state index contributed by atoms with van der Waals surface area (Å²) >= 11 is 1.82. The van der Waals surface area contributed by atoms with Crippen molar-refractivity contribution >= 4 is 29.9 Å². The molecule has 9 heteroatoms. The molecule has 3 heterocycles. The third kappa shape index (κ3) is 9.27. The summed E-state index contributed by atoms with van der Waals surface area (Å²) < 4.78 is 0. The minimum absolute atomic E-state index is 0.101. The van der Waals surface area contributed by atoms with E-state index in [9.17, 15) is 14.4 Å². The summed E-state index contributed by atoms with van der Waals surface area (Å²) in [5.74, 6) is 0.825. The Morgan fingerprint density at radius 2 is 1.73 bits per heavy atom. The molecule has 41 heavy (non-hydrogen) atoms. The summed E-state index contributed by atoms with van der Waals surface area (Å²) in [6, 6.07) is 6.13. The molecule has 1 atom stereocenters. The van der Waals surface area contributed by atoms with Crippen molar-refractivity contribution < 1.29 is 14.4 Å². The fourth-order valence-electron chi connectivity index (χ4n) is 6.45. The molecular formula is C32H51N5O3S. The highest BCUT2D eigenvalue weighted by Crippen LogP contribution is 2.34. The molecular weight excluding hydrogens is 534 g/mol. The number of nitrogens with one attached hydrogen (secondary N) is 1. The lowest BCUT2D eigenvalue weighted by Gasteiger charge is -2.42. The summed E-state index contributed by atoms with van der Waals surface area (Å²) in [5.41, 5.74) is 1.73. The van der Waals surface area contributed by atoms with Crippen molar-refractivity contribution in [1.29, 1.82) is 0 Å². The summed E-state index contributed by atoms with van der Waals surface area (Å²) in [5, 5.41) is 2.58. The first-order valence-corrected chi connectivity index (χ1v) is 16.8. The van der Waals surface area contributed by atoms with E-state index < -0.39 is 6.04 Å². The van der Waals surface area contributed by atoms with Crippen LogP contribution >= 0.6 is 11.8 Å². The molecule has 1 aromatic rings. The Hall–Kier alpha value is -1.94. The number of thioether (sulfide) groups is 1. The Balaban J connectivity index is 1.06. The third-order valence-corrected chi connectivity index (χ3v) is 10.4. The van der Waals surface area contributed by atoms with Crippen LogP contribution in [-0.4, -0.2) is 115 Å². The Kier molecular flexibility index (Phi) is 13.0. The van der Waals surface area contributed by atoms with E-state index in [-0.39, 0.29) is 18.2 Å². The van der Waals surface area contributed by atoms with Crippen LogP contribution in [0.4, 0.5) is 0 Å². The number of rotatable bonds is 16. The molecule has 0 spiro atoms. The van der Waals surface area contributed by atoms with Crippen molar-refractivity contribution in [2.24, 2.45) is 0 Å². The van der Waals surface area contributed by atoms with Crippen molar-refractivity contribution in [3.05, 3.63) is 29.3 Å². The van der Waals surface area contributed by atoms with E-state index in [0.29, 0.717) is 18.5 Å². The normalized spacial score (nSPS) is 19.9. The quantitative estimate of drug-likeness (QED) is 0.179. The highest BCUT2D eigenvalue weighted by molar-refractivity contribution is 7.99. The number of likely N-dealkylation sites (tertiary alicyclic amines) is 1. The van der Waals surface area contributed by atoms with Crippen molar-refractivity contribution in [2.45, 2.75) is 87.7 Å². The molecule has 1 aromatic carbocycles. The Morgan fingerprint density at radius 1 is 1.02 bits per heavy atom. The topological polar surface area (TPSA) is 76.2 Å². The highest BCUT2D eigenvalue weighted by atomic mass is 32.2. The fourth-order valence-corrected chi connectivity index (χ4v) is 7.54. The Bertz CT molecular complexity index is 992. The Morgan fingerprint density at radius 3 is 2.44 bits per heavy atom. The van der Waals surface area contributed by atoms with Gasteiger partial charge < -0.3 is 24.8 Å². The van der Waals surface area contributed by atoms with Crippen LogP contribution in [0, 0.1) is 0 Å². The van der Waals surface area contributed by atoms with Gasteiger partial charge in [0.25, 0.3) is 5.91 Å². The molecule has 3 aliphatic rings. The van der Waals surface area contributed by atoms with Gasteiger partial charge in [-0.1, -0.05) is 31.7 Å². The number of unbranched alkanes of at least 4 members (excludes halogenated alkanes) is 5. The number of nitrogens with zero attached hydrogens (tertiary/aromatic N) is 4. The van der Waals surface area contributed by atoms with E-state index in [2.05, 4.69) is 33.1 Å². The molecule has 2 saturated heterocycles. The van der Waals surface area contributed by atoms with Crippen molar-refractivity contribution in [2.75, 3.05) is 65.7 Å². The van der Waals surface area contributed by atoms with Gasteiger partial charge in [0.2, 0.25) is 5.91 Å². The van der Waals surface area contributed by atoms with Crippen molar-refractivity contribution in [3.63, 3.8) is 0 Å². The molecule has 0 bridgehead atoms. The molecule has 0 aliphatic carbocycles. The molecule has 8 nitrogen and oxygen atoms in total. The van der Waals surface area contributed by atoms with Crippen LogP contribution < -0.4 is 5.32 Å². The molecule has 3 aliphatic heterocycles. The number of benzene rings is 1. The van der Waals surface area contributed by atoms with Crippen LogP contribution in [-0.2, 0) is 16.1 Å². The Labute approximate surface area is 251 Å². The number of piperidine rings is 1. The van der Waals surface area contributed by atoms with Gasteiger partial charge in [-0.15, -0.1) is 11.8 Å². The van der Waals surface area contributed by atoms with Gasteiger partial charge in [-0.05, 0) is 82.2 Å². The largest absolute Gasteiger partial charge is 0.359 e. The number of fused-ring (bicyclic) bond motifs is 1. The first-order chi connectivity index (χ1) is 20.0. The zero-order chi connectivity index (χ0) is 29.0. The molecule has 0 saturated carbocycles. The fraction of sp³-hybridized carbons (Fsp3) is 0.719. The predicted molar refractivity (Wildman–Crippen MR) is 166 cm³/mol. The van der Waals surface area contributed by atoms with Gasteiger partial charge >= 0.3 is 0 Å². The maximum atomic E-state index is 13.0. The van der Waals surface area contributed by atoms with Crippen LogP contribution in [0.25, 0.3) is 0 Å². The van der Waals surface area contributed by atoms with Crippen molar-refractivity contribution in [1.82, 2.24) is 24.9 Å². The summed E-state index contributed by atoms with van der Waals surface area (Å²) in [4.78, 5) is 47.0. The SMILES string of the molecule is CNC(=O)CCC(C=O)N1Cc2c(SCCCCCCCCN3CCC(N4CCN(C)CC4)CC3)cccc2C1=O. The molecule has 1 unspecified atom stereocenters. The third-order valence-electron chi connectivity index (χ3n) is 9.19. The van der Waals surface area contributed by atoms with E-state index in [0.717, 1.165) is 28.5 Å². The first kappa shape index (κ1) is 32.0. The number of carbonyl (C=O) groups is 3. The van der Waals surface area contributed by atoms with Crippen LogP contribution in [0.3, 0.4) is 0 Å². The number of hydrogen-bond donors (Lipinski definition) is 1. The predicted octanol–water partition coefficient (Wildman–Crippen LogP) is 3.88. The maximum Gasteiger partial charge on any atom is 0.255 e. The molecule has 2 fully saturated rings. The van der Waals surface area contributed by atoms with Gasteiger partial charge in [0.05, 0.1) is 6.04 Å². The molecule has 2 amide bonds. The van der Waals surface area contributed by atoms with Crippen LogP contribution in [0.5, 0.6) is 0 Å². The highest BCUT2D eigenvalue weighted by Gasteiger charge is 2.34. The lowest BCUT2D eigenvalue weighted by Crippen LogP contribution is -2.52. The van der Waals surface area contributed by atoms with E-state index >= 15 is 0 Å². The van der Waals surface area contributed by atoms with Gasteiger partial charge in [0, 0.05) is 62.7 Å². The molecule has 0 radical (unpaired) electrons. The van der Waals surface area contributed by atoms with Crippen LogP contribution in [0.1, 0.15) is 80.1 Å². The minimum atomic E-state index is -0.570. The number of amides is 2. The van der Waals surface area contributed by atoms with Crippen LogP contribution in [0.15, 0.2) is 23.1 Å². The minimum Gasteiger partial charge on any atom is -0.359 e. The van der Waals surface area contributed by atoms with E-state index in [4.69, 9.17) is 0 Å². The summed E-state index contributed by atoms with van der Waals surface area (Å²) in [6.45, 7) is 9.18. The molecule has 0 aromatic heterocycles. The monoisotopic (exact) mass is 585 g/mol. The summed E-state index contributed by atoms with van der Waals surface area (Å²) in [7, 11) is 3.82. The number of piperazine rings is 1. The van der Waals surface area contributed by atoms with E-state index in [1.54, 1.807) is 11.9 Å². The van der Waals surface area contributed by atoms with E-state index in [1.165, 1.54) is 97.2 Å². The van der Waals surface area contributed by atoms with Gasteiger partial charge in [-0.3, -0.25) is 14.5 Å². The smallest absolute Gasteiger partial charge is 0.255 e. The zero-order valence-electron chi connectivity index (χ0n) is 25.3. The molecule has 228 valence electrons. The second kappa shape index (κ2) is 16.6. The second-order valence-electron chi connectivity index (χ2n) is 12.0. The summed E-state index contributed by atoms with van der Waals surface area (Å²) in [6.07, 6.45) is 11.7. The average Bonchev–Trinajstić information content (AvgIpc) is 3.34. The van der Waals surface area contributed by atoms with Crippen LogP contribution in [0.2, 0.25) is 0 Å². The average molecular weight is 586 g/mol. The molecule has 1 N–H and O–H groups in total. The standard InChI is InChI=1S/C32H51N5O3S/c1-33-31(39)13-12-27(25-38)37-24-29-28(32(37)40)10-9-11-30(29)41-23-8-6-4-3-5-7-16-35-17-14-26(15-18-35)36-21-19-34(2)20-22-36/h9-11,25-27H,3-8,12-24H2,1-2H3,(H,33,39). The van der Waals surface area contributed by atoms with Gasteiger partial charge in [-0.25, -0.2) is 0 Å². The number of aldehydes is 1. The van der Waals surface area contributed by atoms with Gasteiger partial charge in [0.15, 0.2) is 0 Å². The number of likely N-dealkylation sites (N-methyl/N-ethyl adjacent to an activating group) is 1. The zero-order valence-corrected chi connectivity index (χ0v) is 26.1. The molecule has 4 rings (SSSR count). The lowest BCUT2D eigenvalue weighted by atomic mass is 10.0. The van der Waals surface area contributed by atoms with Crippen molar-refractivity contribution in [3.8, 4) is 0 Å². The second-order valence-corrected chi connectivity index (χ2v) is 13.1. The first-order valence-electron chi connectivity index (χ1n) is 15.9. The maximum absolute atomic E-state index is 13.0. The lowest BCUT2D eigenvalue weighted by molar-refractivity contribution is -0.121. The van der Waals surface area contributed by atoms with Gasteiger partial charge in [0.1, 0.15) is 6.29 Å². The number of carbonyl (C=O) groups excluding carboxylic acids is 3.